The van der Waals surface area contributed by atoms with Gasteiger partial charge in [0.1, 0.15) is 11.5 Å². The minimum Gasteiger partial charge on any atom is -0.457 e. The fourth-order valence-electron chi connectivity index (χ4n) is 4.00. The van der Waals surface area contributed by atoms with Gasteiger partial charge >= 0.3 is 0 Å². The van der Waals surface area contributed by atoms with Gasteiger partial charge in [0.15, 0.2) is 0 Å². The van der Waals surface area contributed by atoms with Crippen LogP contribution in [0.3, 0.4) is 0 Å². The maximum Gasteiger partial charge on any atom is 0.255 e. The second-order valence-electron chi connectivity index (χ2n) is 11.7. The molecule has 4 aromatic carbocycles. The van der Waals surface area contributed by atoms with Crippen molar-refractivity contribution in [1.29, 1.82) is 0 Å². The second-order valence-corrected chi connectivity index (χ2v) is 11.7. The van der Waals surface area contributed by atoms with Crippen molar-refractivity contribution >= 4 is 23.2 Å². The first-order valence-corrected chi connectivity index (χ1v) is 13.1. The molecule has 2 N–H and O–H groups in total. The summed E-state index contributed by atoms with van der Waals surface area (Å²) < 4.78 is 5.93. The number of carbonyl (C=O) groups is 2. The summed E-state index contributed by atoms with van der Waals surface area (Å²) in [7, 11) is 0. The molecule has 5 nitrogen and oxygen atoms in total. The predicted molar refractivity (Wildman–Crippen MR) is 159 cm³/mol. The Morgan fingerprint density at radius 3 is 1.08 bits per heavy atom. The molecule has 2 amide bonds. The van der Waals surface area contributed by atoms with Gasteiger partial charge in [-0.05, 0) is 94.8 Å². The monoisotopic (exact) mass is 520 g/mol. The Bertz CT molecular complexity index is 1310. The number of nitrogens with one attached hydrogen (secondary N) is 2. The third kappa shape index (κ3) is 7.35. The van der Waals surface area contributed by atoms with E-state index >= 15 is 0 Å². The molecule has 0 heterocycles. The van der Waals surface area contributed by atoms with Gasteiger partial charge in [0.25, 0.3) is 11.8 Å². The van der Waals surface area contributed by atoms with Crippen LogP contribution in [0, 0.1) is 0 Å². The highest BCUT2D eigenvalue weighted by molar-refractivity contribution is 6.05. The lowest BCUT2D eigenvalue weighted by Crippen LogP contribution is -2.14. The smallest absolute Gasteiger partial charge is 0.255 e. The number of benzene rings is 4. The van der Waals surface area contributed by atoms with Crippen molar-refractivity contribution in [3.05, 3.63) is 119 Å². The Balaban J connectivity index is 1.31. The number of carbonyl (C=O) groups excluding carboxylic acids is 2. The Kier molecular flexibility index (Phi) is 7.91. The van der Waals surface area contributed by atoms with E-state index in [0.29, 0.717) is 34.0 Å². The van der Waals surface area contributed by atoms with Crippen LogP contribution in [0.2, 0.25) is 0 Å². The molecule has 0 saturated carbocycles. The van der Waals surface area contributed by atoms with Gasteiger partial charge in [-0.25, -0.2) is 0 Å². The molecule has 0 unspecified atom stereocenters. The van der Waals surface area contributed by atoms with Crippen molar-refractivity contribution in [3.63, 3.8) is 0 Å². The van der Waals surface area contributed by atoms with E-state index in [1.54, 1.807) is 48.5 Å². The molecule has 200 valence electrons. The van der Waals surface area contributed by atoms with E-state index in [1.807, 2.05) is 48.5 Å². The van der Waals surface area contributed by atoms with Crippen LogP contribution < -0.4 is 15.4 Å². The highest BCUT2D eigenvalue weighted by atomic mass is 16.5. The molecule has 4 aromatic rings. The Morgan fingerprint density at radius 1 is 0.487 bits per heavy atom. The lowest BCUT2D eigenvalue weighted by molar-refractivity contribution is 0.101. The molecule has 0 saturated heterocycles. The SMILES string of the molecule is CC(C)(C)c1ccc(C(=O)Nc2ccc(Oc3ccc(NC(=O)c4ccc(C(C)(C)C)cc4)cc3)cc2)cc1. The fourth-order valence-corrected chi connectivity index (χ4v) is 4.00. The van der Waals surface area contributed by atoms with Crippen molar-refractivity contribution < 1.29 is 14.3 Å². The van der Waals surface area contributed by atoms with Crippen LogP contribution >= 0.6 is 0 Å². The van der Waals surface area contributed by atoms with Crippen molar-refractivity contribution in [2.24, 2.45) is 0 Å². The van der Waals surface area contributed by atoms with Crippen molar-refractivity contribution in [1.82, 2.24) is 0 Å². The van der Waals surface area contributed by atoms with Crippen molar-refractivity contribution in [2.75, 3.05) is 10.6 Å². The molecule has 0 aliphatic rings. The molecule has 0 aromatic heterocycles. The second kappa shape index (κ2) is 11.2. The minimum atomic E-state index is -0.160. The molecule has 0 aliphatic heterocycles. The fraction of sp³-hybridized carbons (Fsp3) is 0.235. The van der Waals surface area contributed by atoms with Gasteiger partial charge in [-0.2, -0.15) is 0 Å². The third-order valence-corrected chi connectivity index (χ3v) is 6.49. The van der Waals surface area contributed by atoms with Gasteiger partial charge < -0.3 is 15.4 Å². The van der Waals surface area contributed by atoms with E-state index in [2.05, 4.69) is 52.2 Å². The zero-order valence-electron chi connectivity index (χ0n) is 23.5. The zero-order valence-corrected chi connectivity index (χ0v) is 23.5. The predicted octanol–water partition coefficient (Wildman–Crippen LogP) is 8.58. The summed E-state index contributed by atoms with van der Waals surface area (Å²) in [5.41, 5.74) is 5.02. The van der Waals surface area contributed by atoms with Gasteiger partial charge in [-0.15, -0.1) is 0 Å². The lowest BCUT2D eigenvalue weighted by Gasteiger charge is -2.19. The normalized spacial score (nSPS) is 11.5. The summed E-state index contributed by atoms with van der Waals surface area (Å²) in [6.45, 7) is 12.9. The summed E-state index contributed by atoms with van der Waals surface area (Å²) in [6.07, 6.45) is 0. The largest absolute Gasteiger partial charge is 0.457 e. The highest BCUT2D eigenvalue weighted by Crippen LogP contribution is 2.26. The van der Waals surface area contributed by atoms with Crippen LogP contribution in [0.15, 0.2) is 97.1 Å². The van der Waals surface area contributed by atoms with Crippen LogP contribution in [0.25, 0.3) is 0 Å². The number of rotatable bonds is 6. The van der Waals surface area contributed by atoms with Crippen LogP contribution in [0.4, 0.5) is 11.4 Å². The van der Waals surface area contributed by atoms with Gasteiger partial charge in [0, 0.05) is 22.5 Å². The molecule has 39 heavy (non-hydrogen) atoms. The highest BCUT2D eigenvalue weighted by Gasteiger charge is 2.15. The summed E-state index contributed by atoms with van der Waals surface area (Å²) in [6, 6.07) is 29.8. The van der Waals surface area contributed by atoms with Crippen LogP contribution in [-0.4, -0.2) is 11.8 Å². The van der Waals surface area contributed by atoms with Gasteiger partial charge in [0.05, 0.1) is 0 Å². The van der Waals surface area contributed by atoms with E-state index in [-0.39, 0.29) is 22.6 Å². The number of anilines is 2. The number of ether oxygens (including phenoxy) is 1. The first-order valence-electron chi connectivity index (χ1n) is 13.1. The quantitative estimate of drug-likeness (QED) is 0.267. The minimum absolute atomic E-state index is 0.0397. The zero-order chi connectivity index (χ0) is 28.2. The molecule has 0 bridgehead atoms. The average molecular weight is 521 g/mol. The topological polar surface area (TPSA) is 67.4 Å². The molecule has 0 atom stereocenters. The Labute approximate surface area is 231 Å². The van der Waals surface area contributed by atoms with Crippen molar-refractivity contribution in [3.8, 4) is 11.5 Å². The van der Waals surface area contributed by atoms with E-state index < -0.39 is 0 Å². The molecular formula is C34H36N2O3. The van der Waals surface area contributed by atoms with Gasteiger partial charge in [-0.3, -0.25) is 9.59 Å². The standard InChI is InChI=1S/C34H36N2O3/c1-33(2,3)25-11-7-23(8-12-25)31(37)35-27-15-19-29(20-16-27)39-30-21-17-28(18-22-30)36-32(38)24-9-13-26(14-10-24)34(4,5)6/h7-22H,1-6H3,(H,35,37)(H,36,38). The first kappa shape index (κ1) is 27.6. The molecule has 4 rings (SSSR count). The van der Waals surface area contributed by atoms with E-state index in [1.165, 1.54) is 11.1 Å². The molecule has 5 heteroatoms. The molecule has 0 spiro atoms. The van der Waals surface area contributed by atoms with E-state index in [9.17, 15) is 9.59 Å². The Hall–Kier alpha value is -4.38. The maximum absolute atomic E-state index is 12.6. The number of hydrogen-bond donors (Lipinski definition) is 2. The van der Waals surface area contributed by atoms with Crippen LogP contribution in [-0.2, 0) is 10.8 Å². The Morgan fingerprint density at radius 2 is 0.795 bits per heavy atom. The molecule has 0 fully saturated rings. The van der Waals surface area contributed by atoms with E-state index in [0.717, 1.165) is 0 Å². The van der Waals surface area contributed by atoms with Gasteiger partial charge in [-0.1, -0.05) is 65.8 Å². The average Bonchev–Trinajstić information content (AvgIpc) is 2.90. The summed E-state index contributed by atoms with van der Waals surface area (Å²) in [5.74, 6) is 0.954. The van der Waals surface area contributed by atoms with E-state index in [4.69, 9.17) is 4.74 Å². The van der Waals surface area contributed by atoms with Crippen LogP contribution in [0.5, 0.6) is 11.5 Å². The lowest BCUT2D eigenvalue weighted by atomic mass is 9.86. The first-order chi connectivity index (χ1) is 18.4. The molecular weight excluding hydrogens is 484 g/mol. The van der Waals surface area contributed by atoms with Crippen LogP contribution in [0.1, 0.15) is 73.4 Å². The molecule has 0 radical (unpaired) electrons. The summed E-state index contributed by atoms with van der Waals surface area (Å²) in [4.78, 5) is 25.3. The van der Waals surface area contributed by atoms with Gasteiger partial charge in [0.2, 0.25) is 0 Å². The van der Waals surface area contributed by atoms with Crippen molar-refractivity contribution in [2.45, 2.75) is 52.4 Å². The maximum atomic E-state index is 12.6. The summed E-state index contributed by atoms with van der Waals surface area (Å²) in [5, 5.41) is 5.84. The number of hydrogen-bond acceptors (Lipinski definition) is 3. The molecule has 0 aliphatic carbocycles. The summed E-state index contributed by atoms with van der Waals surface area (Å²) >= 11 is 0. The third-order valence-electron chi connectivity index (χ3n) is 6.49. The number of amides is 2.